The molecule has 3 N–H and O–H groups in total. The van der Waals surface area contributed by atoms with E-state index < -0.39 is 12.2 Å². The number of aliphatic hydroxyl groups is 2. The maximum absolute atomic E-state index is 10.7. The summed E-state index contributed by atoms with van der Waals surface area (Å²) in [5, 5.41) is 22.3. The fraction of sp³-hybridized carbons (Fsp3) is 0.538. The summed E-state index contributed by atoms with van der Waals surface area (Å²) in [5.41, 5.74) is 0.513. The molecule has 106 valence electrons. The lowest BCUT2D eigenvalue weighted by Gasteiger charge is -2.18. The van der Waals surface area contributed by atoms with Crippen LogP contribution in [0, 0.1) is 0 Å². The Morgan fingerprint density at radius 1 is 1.47 bits per heavy atom. The maximum atomic E-state index is 10.7. The van der Waals surface area contributed by atoms with E-state index in [1.807, 2.05) is 6.92 Å². The number of aromatic nitrogens is 1. The number of rotatable bonds is 7. The molecule has 1 aromatic rings. The van der Waals surface area contributed by atoms with Gasteiger partial charge in [-0.15, -0.1) is 0 Å². The average Bonchev–Trinajstić information content (AvgIpc) is 2.38. The lowest BCUT2D eigenvalue weighted by atomic mass is 10.0. The number of amides is 1. The predicted octanol–water partition coefficient (Wildman–Crippen LogP) is 0.401. The molecule has 0 aliphatic heterocycles. The van der Waals surface area contributed by atoms with Crippen molar-refractivity contribution in [2.75, 3.05) is 13.2 Å². The zero-order chi connectivity index (χ0) is 14.3. The summed E-state index contributed by atoms with van der Waals surface area (Å²) in [6.45, 7) is 4.10. The topological polar surface area (TPSA) is 91.7 Å². The van der Waals surface area contributed by atoms with Gasteiger partial charge in [-0.25, -0.2) is 4.98 Å². The third-order valence-corrected chi connectivity index (χ3v) is 2.57. The number of nitrogens with zero attached hydrogens (tertiary/aromatic N) is 1. The Morgan fingerprint density at radius 2 is 2.21 bits per heavy atom. The van der Waals surface area contributed by atoms with Crippen LogP contribution in [0.5, 0.6) is 5.88 Å². The van der Waals surface area contributed by atoms with Crippen molar-refractivity contribution in [2.45, 2.75) is 32.5 Å². The second-order valence-corrected chi connectivity index (χ2v) is 4.15. The Kier molecular flexibility index (Phi) is 6.24. The minimum absolute atomic E-state index is 0.163. The lowest BCUT2D eigenvalue weighted by Crippen LogP contribution is -2.27. The standard InChI is InChI=1S/C13H20N2O4/c1-3-19-12-5-4-10(8-15-12)13(18)11(17)6-7-14-9(2)16/h4-5,8,11,13,17-18H,3,6-7H2,1-2H3,(H,14,16). The minimum Gasteiger partial charge on any atom is -0.478 e. The Balaban J connectivity index is 2.51. The van der Waals surface area contributed by atoms with Crippen LogP contribution in [-0.4, -0.2) is 40.4 Å². The van der Waals surface area contributed by atoms with E-state index in [0.717, 1.165) is 0 Å². The molecule has 1 aromatic heterocycles. The molecule has 6 heteroatoms. The Labute approximate surface area is 112 Å². The highest BCUT2D eigenvalue weighted by Crippen LogP contribution is 2.19. The van der Waals surface area contributed by atoms with Gasteiger partial charge in [-0.3, -0.25) is 4.79 Å². The van der Waals surface area contributed by atoms with E-state index in [-0.39, 0.29) is 12.3 Å². The van der Waals surface area contributed by atoms with Gasteiger partial charge in [-0.05, 0) is 19.4 Å². The van der Waals surface area contributed by atoms with E-state index in [4.69, 9.17) is 4.74 Å². The largest absolute Gasteiger partial charge is 0.478 e. The second kappa shape index (κ2) is 7.70. The van der Waals surface area contributed by atoms with Crippen LogP contribution < -0.4 is 10.1 Å². The van der Waals surface area contributed by atoms with Crippen molar-refractivity contribution in [1.29, 1.82) is 0 Å². The molecule has 0 aromatic carbocycles. The van der Waals surface area contributed by atoms with Crippen LogP contribution >= 0.6 is 0 Å². The van der Waals surface area contributed by atoms with Gasteiger partial charge in [0.25, 0.3) is 0 Å². The summed E-state index contributed by atoms with van der Waals surface area (Å²) in [5.74, 6) is 0.315. The van der Waals surface area contributed by atoms with Gasteiger partial charge >= 0.3 is 0 Å². The molecule has 0 saturated heterocycles. The monoisotopic (exact) mass is 268 g/mol. The molecule has 0 bridgehead atoms. The second-order valence-electron chi connectivity index (χ2n) is 4.15. The highest BCUT2D eigenvalue weighted by atomic mass is 16.5. The molecule has 6 nitrogen and oxygen atoms in total. The number of carbonyl (C=O) groups excluding carboxylic acids is 1. The van der Waals surface area contributed by atoms with E-state index >= 15 is 0 Å². The van der Waals surface area contributed by atoms with Gasteiger partial charge in [0, 0.05) is 31.3 Å². The van der Waals surface area contributed by atoms with Crippen molar-refractivity contribution in [1.82, 2.24) is 10.3 Å². The van der Waals surface area contributed by atoms with Crippen LogP contribution in [0.4, 0.5) is 0 Å². The molecule has 1 amide bonds. The lowest BCUT2D eigenvalue weighted by molar-refractivity contribution is -0.119. The number of ether oxygens (including phenoxy) is 1. The number of nitrogens with one attached hydrogen (secondary N) is 1. The normalized spacial score (nSPS) is 13.7. The van der Waals surface area contributed by atoms with Gasteiger partial charge in [0.05, 0.1) is 12.7 Å². The molecule has 0 spiro atoms. The fourth-order valence-electron chi connectivity index (χ4n) is 1.58. The van der Waals surface area contributed by atoms with Crippen molar-refractivity contribution in [3.05, 3.63) is 23.9 Å². The van der Waals surface area contributed by atoms with Crippen molar-refractivity contribution in [3.63, 3.8) is 0 Å². The molecule has 0 fully saturated rings. The van der Waals surface area contributed by atoms with Gasteiger partial charge in [-0.2, -0.15) is 0 Å². The molecule has 1 heterocycles. The third-order valence-electron chi connectivity index (χ3n) is 2.57. The van der Waals surface area contributed by atoms with E-state index in [1.54, 1.807) is 12.1 Å². The Bertz CT molecular complexity index is 394. The molecular weight excluding hydrogens is 248 g/mol. The van der Waals surface area contributed by atoms with E-state index in [1.165, 1.54) is 13.1 Å². The maximum Gasteiger partial charge on any atom is 0.216 e. The summed E-state index contributed by atoms with van der Waals surface area (Å²) in [7, 11) is 0. The fourth-order valence-corrected chi connectivity index (χ4v) is 1.58. The van der Waals surface area contributed by atoms with E-state index in [2.05, 4.69) is 10.3 Å². The first kappa shape index (κ1) is 15.4. The van der Waals surface area contributed by atoms with Gasteiger partial charge in [0.1, 0.15) is 6.10 Å². The van der Waals surface area contributed by atoms with Crippen molar-refractivity contribution in [2.24, 2.45) is 0 Å². The summed E-state index contributed by atoms with van der Waals surface area (Å²) in [4.78, 5) is 14.7. The number of carbonyl (C=O) groups is 1. The molecule has 2 unspecified atom stereocenters. The SMILES string of the molecule is CCOc1ccc(C(O)C(O)CCNC(C)=O)cn1. The molecule has 0 aliphatic rings. The first-order chi connectivity index (χ1) is 9.04. The molecule has 0 radical (unpaired) electrons. The van der Waals surface area contributed by atoms with Crippen molar-refractivity contribution in [3.8, 4) is 5.88 Å². The number of pyridine rings is 1. The zero-order valence-corrected chi connectivity index (χ0v) is 11.2. The number of hydrogen-bond acceptors (Lipinski definition) is 5. The molecule has 1 rings (SSSR count). The molecule has 19 heavy (non-hydrogen) atoms. The van der Waals surface area contributed by atoms with Crippen LogP contribution in [0.15, 0.2) is 18.3 Å². The summed E-state index contributed by atoms with van der Waals surface area (Å²) < 4.78 is 5.19. The van der Waals surface area contributed by atoms with Gasteiger partial charge in [-0.1, -0.05) is 0 Å². The first-order valence-electron chi connectivity index (χ1n) is 6.24. The number of aliphatic hydroxyl groups excluding tert-OH is 2. The van der Waals surface area contributed by atoms with Gasteiger partial charge < -0.3 is 20.3 Å². The third kappa shape index (κ3) is 5.23. The molecular formula is C13H20N2O4. The number of hydrogen-bond donors (Lipinski definition) is 3. The quantitative estimate of drug-likeness (QED) is 0.666. The van der Waals surface area contributed by atoms with Crippen molar-refractivity contribution < 1.29 is 19.7 Å². The van der Waals surface area contributed by atoms with Crippen LogP contribution in [0.3, 0.4) is 0 Å². The molecule has 0 aliphatic carbocycles. The smallest absolute Gasteiger partial charge is 0.216 e. The van der Waals surface area contributed by atoms with E-state index in [9.17, 15) is 15.0 Å². The molecule has 2 atom stereocenters. The van der Waals surface area contributed by atoms with Gasteiger partial charge in [0.15, 0.2) is 0 Å². The van der Waals surface area contributed by atoms with Crippen LogP contribution in [0.25, 0.3) is 0 Å². The first-order valence-corrected chi connectivity index (χ1v) is 6.24. The minimum atomic E-state index is -1.03. The summed E-state index contributed by atoms with van der Waals surface area (Å²) in [6, 6.07) is 3.30. The summed E-state index contributed by atoms with van der Waals surface area (Å²) >= 11 is 0. The summed E-state index contributed by atoms with van der Waals surface area (Å²) in [6.07, 6.45) is -0.242. The van der Waals surface area contributed by atoms with E-state index in [0.29, 0.717) is 24.6 Å². The van der Waals surface area contributed by atoms with Crippen LogP contribution in [-0.2, 0) is 4.79 Å². The highest BCUT2D eigenvalue weighted by Gasteiger charge is 2.18. The average molecular weight is 268 g/mol. The molecule has 0 saturated carbocycles. The zero-order valence-electron chi connectivity index (χ0n) is 11.2. The van der Waals surface area contributed by atoms with Crippen molar-refractivity contribution >= 4 is 5.91 Å². The Morgan fingerprint density at radius 3 is 2.74 bits per heavy atom. The highest BCUT2D eigenvalue weighted by molar-refractivity contribution is 5.72. The van der Waals surface area contributed by atoms with Gasteiger partial charge in [0.2, 0.25) is 11.8 Å². The Hall–Kier alpha value is -1.66. The van der Waals surface area contributed by atoms with Crippen LogP contribution in [0.2, 0.25) is 0 Å². The predicted molar refractivity (Wildman–Crippen MR) is 69.7 cm³/mol. The van der Waals surface area contributed by atoms with Crippen LogP contribution in [0.1, 0.15) is 31.9 Å².